The van der Waals surface area contributed by atoms with Crippen molar-refractivity contribution in [1.29, 1.82) is 0 Å². The van der Waals surface area contributed by atoms with E-state index in [2.05, 4.69) is 5.32 Å². The molecule has 0 saturated heterocycles. The van der Waals surface area contributed by atoms with Gasteiger partial charge in [0.2, 0.25) is 0 Å². The molecule has 102 valence electrons. The molecule has 1 fully saturated rings. The Morgan fingerprint density at radius 2 is 1.82 bits per heavy atom. The van der Waals surface area contributed by atoms with Gasteiger partial charge in [0.25, 0.3) is 0 Å². The quantitative estimate of drug-likeness (QED) is 0.701. The van der Waals surface area contributed by atoms with E-state index in [1.807, 2.05) is 0 Å². The average Bonchev–Trinajstić information content (AvgIpc) is 2.73. The Balaban J connectivity index is 1.94. The van der Waals surface area contributed by atoms with Crippen LogP contribution in [0.3, 0.4) is 0 Å². The zero-order chi connectivity index (χ0) is 12.7. The molecule has 0 aliphatic heterocycles. The fourth-order valence-corrected chi connectivity index (χ4v) is 2.22. The van der Waals surface area contributed by atoms with E-state index in [1.165, 1.54) is 25.7 Å². The second kappa shape index (κ2) is 7.21. The molecule has 1 rings (SSSR count). The third kappa shape index (κ3) is 7.60. The minimum Gasteiger partial charge on any atom is -0.315 e. The van der Waals surface area contributed by atoms with Crippen LogP contribution in [0.15, 0.2) is 0 Å². The SMILES string of the molecule is CN(CCNCC1CCCC1)CCC(F)(F)F. The fraction of sp³-hybridized carbons (Fsp3) is 1.00. The van der Waals surface area contributed by atoms with E-state index in [4.69, 9.17) is 0 Å². The van der Waals surface area contributed by atoms with Gasteiger partial charge in [0.15, 0.2) is 0 Å². The zero-order valence-corrected chi connectivity index (χ0v) is 10.5. The fourth-order valence-electron chi connectivity index (χ4n) is 2.22. The van der Waals surface area contributed by atoms with Crippen LogP contribution >= 0.6 is 0 Å². The maximum Gasteiger partial charge on any atom is 0.390 e. The van der Waals surface area contributed by atoms with Crippen molar-refractivity contribution >= 4 is 0 Å². The first-order chi connectivity index (χ1) is 7.97. The highest BCUT2D eigenvalue weighted by atomic mass is 19.4. The van der Waals surface area contributed by atoms with E-state index in [0.29, 0.717) is 6.54 Å². The molecule has 1 aliphatic rings. The Morgan fingerprint density at radius 3 is 2.41 bits per heavy atom. The highest BCUT2D eigenvalue weighted by Gasteiger charge is 2.26. The summed E-state index contributed by atoms with van der Waals surface area (Å²) in [4.78, 5) is 1.73. The largest absolute Gasteiger partial charge is 0.390 e. The summed E-state index contributed by atoms with van der Waals surface area (Å²) in [7, 11) is 1.74. The maximum atomic E-state index is 12.0. The number of rotatable bonds is 7. The van der Waals surface area contributed by atoms with Gasteiger partial charge in [0.1, 0.15) is 0 Å². The summed E-state index contributed by atoms with van der Waals surface area (Å²) in [5, 5.41) is 3.33. The molecule has 0 unspecified atom stereocenters. The summed E-state index contributed by atoms with van der Waals surface area (Å²) in [5.41, 5.74) is 0. The Kier molecular flexibility index (Phi) is 6.27. The van der Waals surface area contributed by atoms with Crippen LogP contribution in [0.25, 0.3) is 0 Å². The average molecular weight is 252 g/mol. The lowest BCUT2D eigenvalue weighted by Crippen LogP contribution is -2.33. The number of hydrogen-bond acceptors (Lipinski definition) is 2. The first kappa shape index (κ1) is 14.8. The Hall–Kier alpha value is -0.290. The standard InChI is InChI=1S/C12H23F3N2/c1-17(8-6-12(13,14)15)9-7-16-10-11-4-2-3-5-11/h11,16H,2-10H2,1H3. The molecule has 1 saturated carbocycles. The molecule has 17 heavy (non-hydrogen) atoms. The molecule has 0 aromatic heterocycles. The molecule has 0 atom stereocenters. The van der Waals surface area contributed by atoms with Crippen LogP contribution in [0.2, 0.25) is 0 Å². The Morgan fingerprint density at radius 1 is 1.18 bits per heavy atom. The van der Waals surface area contributed by atoms with Crippen LogP contribution in [0.5, 0.6) is 0 Å². The molecule has 5 heteroatoms. The summed E-state index contributed by atoms with van der Waals surface area (Å²) < 4.78 is 35.9. The van der Waals surface area contributed by atoms with Crippen LogP contribution in [0.1, 0.15) is 32.1 Å². The minimum absolute atomic E-state index is 0.0919. The van der Waals surface area contributed by atoms with Crippen molar-refractivity contribution in [1.82, 2.24) is 10.2 Å². The van der Waals surface area contributed by atoms with Gasteiger partial charge in [-0.15, -0.1) is 0 Å². The number of alkyl halides is 3. The van der Waals surface area contributed by atoms with Crippen molar-refractivity contribution in [2.24, 2.45) is 5.92 Å². The van der Waals surface area contributed by atoms with E-state index >= 15 is 0 Å². The van der Waals surface area contributed by atoms with Crippen LogP contribution in [-0.4, -0.2) is 44.3 Å². The summed E-state index contributed by atoms with van der Waals surface area (Å²) in [5.74, 6) is 0.787. The number of hydrogen-bond donors (Lipinski definition) is 1. The molecule has 2 nitrogen and oxygen atoms in total. The lowest BCUT2D eigenvalue weighted by atomic mass is 10.1. The van der Waals surface area contributed by atoms with Crippen molar-refractivity contribution in [3.05, 3.63) is 0 Å². The predicted molar refractivity (Wildman–Crippen MR) is 63.0 cm³/mol. The second-order valence-corrected chi connectivity index (χ2v) is 5.02. The lowest BCUT2D eigenvalue weighted by molar-refractivity contribution is -0.137. The van der Waals surface area contributed by atoms with Crippen LogP contribution in [0, 0.1) is 5.92 Å². The van der Waals surface area contributed by atoms with E-state index in [-0.39, 0.29) is 6.54 Å². The summed E-state index contributed by atoms with van der Waals surface area (Å²) in [6.45, 7) is 2.58. The van der Waals surface area contributed by atoms with Crippen molar-refractivity contribution < 1.29 is 13.2 Å². The zero-order valence-electron chi connectivity index (χ0n) is 10.5. The third-order valence-corrected chi connectivity index (χ3v) is 3.36. The molecule has 1 aliphatic carbocycles. The summed E-state index contributed by atoms with van der Waals surface area (Å²) >= 11 is 0. The Labute approximate surface area is 102 Å². The van der Waals surface area contributed by atoms with Crippen molar-refractivity contribution in [3.63, 3.8) is 0 Å². The first-order valence-electron chi connectivity index (χ1n) is 6.43. The molecule has 0 radical (unpaired) electrons. The smallest absolute Gasteiger partial charge is 0.315 e. The van der Waals surface area contributed by atoms with E-state index in [9.17, 15) is 13.2 Å². The van der Waals surface area contributed by atoms with E-state index < -0.39 is 12.6 Å². The molecule has 0 aromatic carbocycles. The van der Waals surface area contributed by atoms with Gasteiger partial charge < -0.3 is 10.2 Å². The van der Waals surface area contributed by atoms with Gasteiger partial charge in [-0.3, -0.25) is 0 Å². The number of halogens is 3. The molecular formula is C12H23F3N2. The molecule has 0 amide bonds. The normalized spacial score (nSPS) is 18.2. The molecule has 0 heterocycles. The lowest BCUT2D eigenvalue weighted by Gasteiger charge is -2.18. The van der Waals surface area contributed by atoms with Crippen LogP contribution in [-0.2, 0) is 0 Å². The van der Waals surface area contributed by atoms with Crippen LogP contribution < -0.4 is 5.32 Å². The number of nitrogens with one attached hydrogen (secondary N) is 1. The second-order valence-electron chi connectivity index (χ2n) is 5.02. The molecule has 0 aromatic rings. The topological polar surface area (TPSA) is 15.3 Å². The molecular weight excluding hydrogens is 229 g/mol. The van der Waals surface area contributed by atoms with Gasteiger partial charge in [-0.2, -0.15) is 13.2 Å². The third-order valence-electron chi connectivity index (χ3n) is 3.36. The predicted octanol–water partition coefficient (Wildman–Crippen LogP) is 2.65. The summed E-state index contributed by atoms with van der Waals surface area (Å²) in [6, 6.07) is 0. The summed E-state index contributed by atoms with van der Waals surface area (Å²) in [6.07, 6.45) is 0.515. The highest BCUT2D eigenvalue weighted by Crippen LogP contribution is 2.23. The van der Waals surface area contributed by atoms with Crippen molar-refractivity contribution in [3.8, 4) is 0 Å². The van der Waals surface area contributed by atoms with Gasteiger partial charge in [-0.1, -0.05) is 12.8 Å². The van der Waals surface area contributed by atoms with E-state index in [1.54, 1.807) is 11.9 Å². The van der Waals surface area contributed by atoms with Crippen molar-refractivity contribution in [2.75, 3.05) is 33.2 Å². The maximum absolute atomic E-state index is 12.0. The highest BCUT2D eigenvalue weighted by molar-refractivity contribution is 4.69. The molecule has 1 N–H and O–H groups in total. The van der Waals surface area contributed by atoms with Gasteiger partial charge in [-0.05, 0) is 32.4 Å². The minimum atomic E-state index is -4.04. The van der Waals surface area contributed by atoms with Crippen LogP contribution in [0.4, 0.5) is 13.2 Å². The monoisotopic (exact) mass is 252 g/mol. The number of likely N-dealkylation sites (N-methyl/N-ethyl adjacent to an activating group) is 1. The van der Waals surface area contributed by atoms with E-state index in [0.717, 1.165) is 19.0 Å². The number of nitrogens with zero attached hydrogens (tertiary/aromatic N) is 1. The van der Waals surface area contributed by atoms with Gasteiger partial charge in [0.05, 0.1) is 6.42 Å². The molecule has 0 bridgehead atoms. The van der Waals surface area contributed by atoms with Gasteiger partial charge in [0, 0.05) is 19.6 Å². The van der Waals surface area contributed by atoms with Crippen molar-refractivity contribution in [2.45, 2.75) is 38.3 Å². The first-order valence-corrected chi connectivity index (χ1v) is 6.43. The van der Waals surface area contributed by atoms with Gasteiger partial charge in [-0.25, -0.2) is 0 Å². The van der Waals surface area contributed by atoms with Gasteiger partial charge >= 0.3 is 6.18 Å². The Bertz CT molecular complexity index is 200. The molecule has 0 spiro atoms.